The third-order valence-electron chi connectivity index (χ3n) is 3.99. The van der Waals surface area contributed by atoms with Crippen molar-refractivity contribution >= 4 is 24.2 Å². The number of nitrogens with two attached hydrogens (primary N) is 1. The van der Waals surface area contributed by atoms with E-state index in [0.717, 1.165) is 38.2 Å². The molecular formula is C17H27ClN4O2. The molecule has 1 aliphatic heterocycles. The van der Waals surface area contributed by atoms with Crippen LogP contribution in [0.25, 0.3) is 0 Å². The normalized spacial score (nSPS) is 15.2. The van der Waals surface area contributed by atoms with Crippen molar-refractivity contribution in [3.63, 3.8) is 0 Å². The highest BCUT2D eigenvalue weighted by Gasteiger charge is 2.19. The van der Waals surface area contributed by atoms with Gasteiger partial charge in [0.05, 0.1) is 6.54 Å². The molecule has 0 bridgehead atoms. The average Bonchev–Trinajstić information content (AvgIpc) is 2.80. The predicted octanol–water partition coefficient (Wildman–Crippen LogP) is 0.608. The number of benzene rings is 1. The lowest BCUT2D eigenvalue weighted by molar-refractivity contribution is -0.133. The molecule has 0 spiro atoms. The zero-order valence-corrected chi connectivity index (χ0v) is 14.8. The fourth-order valence-electron chi connectivity index (χ4n) is 2.69. The van der Waals surface area contributed by atoms with Gasteiger partial charge in [-0.25, -0.2) is 0 Å². The number of carbonyl (C=O) groups excluding carboxylic acids is 2. The zero-order chi connectivity index (χ0) is 16.5. The minimum atomic E-state index is -0.380. The van der Waals surface area contributed by atoms with E-state index in [1.807, 2.05) is 30.3 Å². The largest absolute Gasteiger partial charge is 0.370 e. The van der Waals surface area contributed by atoms with E-state index in [4.69, 9.17) is 5.73 Å². The molecule has 1 aliphatic rings. The molecule has 0 atom stereocenters. The number of hydrogen-bond acceptors (Lipinski definition) is 4. The summed E-state index contributed by atoms with van der Waals surface area (Å²) < 4.78 is 0. The summed E-state index contributed by atoms with van der Waals surface area (Å²) in [4.78, 5) is 27.6. The van der Waals surface area contributed by atoms with Gasteiger partial charge in [0, 0.05) is 32.6 Å². The van der Waals surface area contributed by atoms with Crippen molar-refractivity contribution in [2.75, 3.05) is 39.3 Å². The second-order valence-electron chi connectivity index (χ2n) is 5.90. The predicted molar refractivity (Wildman–Crippen MR) is 96.8 cm³/mol. The van der Waals surface area contributed by atoms with Gasteiger partial charge in [0.25, 0.3) is 0 Å². The Morgan fingerprint density at radius 3 is 2.62 bits per heavy atom. The standard InChI is InChI=1S/C17H26N4O2.ClH/c18-16(22)7-11-21(13-15-5-2-1-3-6-15)17(23)14-20-10-4-8-19-9-12-20;/h1-3,5-6,19H,4,7-14H2,(H2,18,22);1H. The number of carbonyl (C=O) groups is 2. The fraction of sp³-hybridized carbons (Fsp3) is 0.529. The van der Waals surface area contributed by atoms with Gasteiger partial charge in [-0.3, -0.25) is 14.5 Å². The van der Waals surface area contributed by atoms with Gasteiger partial charge in [-0.15, -0.1) is 12.4 Å². The molecule has 3 N–H and O–H groups in total. The Hall–Kier alpha value is -1.63. The van der Waals surface area contributed by atoms with Crippen molar-refractivity contribution in [3.05, 3.63) is 35.9 Å². The first-order valence-electron chi connectivity index (χ1n) is 8.18. The van der Waals surface area contributed by atoms with Crippen LogP contribution in [0.3, 0.4) is 0 Å². The van der Waals surface area contributed by atoms with Gasteiger partial charge < -0.3 is 16.0 Å². The quantitative estimate of drug-likeness (QED) is 0.752. The van der Waals surface area contributed by atoms with Crippen molar-refractivity contribution in [2.45, 2.75) is 19.4 Å². The highest BCUT2D eigenvalue weighted by atomic mass is 35.5. The van der Waals surface area contributed by atoms with Crippen LogP contribution in [0, 0.1) is 0 Å². The van der Waals surface area contributed by atoms with Crippen LogP contribution < -0.4 is 11.1 Å². The number of amides is 2. The maximum absolute atomic E-state index is 12.7. The molecule has 1 fully saturated rings. The summed E-state index contributed by atoms with van der Waals surface area (Å²) in [5.41, 5.74) is 6.30. The number of hydrogen-bond donors (Lipinski definition) is 2. The Morgan fingerprint density at radius 2 is 1.92 bits per heavy atom. The number of nitrogens with zero attached hydrogens (tertiary/aromatic N) is 2. The summed E-state index contributed by atoms with van der Waals surface area (Å²) in [5, 5.41) is 3.33. The first-order chi connectivity index (χ1) is 11.1. The molecule has 2 amide bonds. The average molecular weight is 355 g/mol. The summed E-state index contributed by atoms with van der Waals surface area (Å²) in [7, 11) is 0. The Bertz CT molecular complexity index is 505. The van der Waals surface area contributed by atoms with E-state index >= 15 is 0 Å². The van der Waals surface area contributed by atoms with Gasteiger partial charge in [-0.05, 0) is 25.1 Å². The van der Waals surface area contributed by atoms with E-state index in [9.17, 15) is 9.59 Å². The van der Waals surface area contributed by atoms with Crippen molar-refractivity contribution < 1.29 is 9.59 Å². The van der Waals surface area contributed by atoms with E-state index in [0.29, 0.717) is 19.6 Å². The number of nitrogens with one attached hydrogen (secondary N) is 1. The molecule has 0 aromatic heterocycles. The van der Waals surface area contributed by atoms with E-state index in [-0.39, 0.29) is 30.6 Å². The highest BCUT2D eigenvalue weighted by molar-refractivity contribution is 5.85. The topological polar surface area (TPSA) is 78.7 Å². The lowest BCUT2D eigenvalue weighted by Gasteiger charge is -2.26. The molecule has 134 valence electrons. The second kappa shape index (κ2) is 11.0. The van der Waals surface area contributed by atoms with Crippen molar-refractivity contribution in [3.8, 4) is 0 Å². The Morgan fingerprint density at radius 1 is 1.17 bits per heavy atom. The fourth-order valence-corrected chi connectivity index (χ4v) is 2.69. The lowest BCUT2D eigenvalue weighted by atomic mass is 10.2. The van der Waals surface area contributed by atoms with Gasteiger partial charge in [0.1, 0.15) is 0 Å². The molecule has 1 aromatic carbocycles. The summed E-state index contributed by atoms with van der Waals surface area (Å²) >= 11 is 0. The minimum absolute atomic E-state index is 0. The van der Waals surface area contributed by atoms with Crippen LogP contribution in [0.2, 0.25) is 0 Å². The van der Waals surface area contributed by atoms with Crippen LogP contribution in [0.4, 0.5) is 0 Å². The lowest BCUT2D eigenvalue weighted by Crippen LogP contribution is -2.42. The van der Waals surface area contributed by atoms with Crippen LogP contribution in [0.1, 0.15) is 18.4 Å². The van der Waals surface area contributed by atoms with Gasteiger partial charge in [-0.2, -0.15) is 0 Å². The number of halogens is 1. The molecule has 0 saturated carbocycles. The summed E-state index contributed by atoms with van der Waals surface area (Å²) in [6.45, 7) is 4.99. The molecule has 7 heteroatoms. The third-order valence-corrected chi connectivity index (χ3v) is 3.99. The zero-order valence-electron chi connectivity index (χ0n) is 13.9. The molecule has 0 radical (unpaired) electrons. The molecule has 2 rings (SSSR count). The Balaban J connectivity index is 0.00000288. The molecule has 1 saturated heterocycles. The van der Waals surface area contributed by atoms with E-state index in [2.05, 4.69) is 10.2 Å². The minimum Gasteiger partial charge on any atom is -0.370 e. The summed E-state index contributed by atoms with van der Waals surface area (Å²) in [5.74, 6) is -0.327. The van der Waals surface area contributed by atoms with Gasteiger partial charge in [-0.1, -0.05) is 30.3 Å². The van der Waals surface area contributed by atoms with E-state index < -0.39 is 0 Å². The van der Waals surface area contributed by atoms with Crippen LogP contribution in [-0.2, 0) is 16.1 Å². The van der Waals surface area contributed by atoms with Crippen molar-refractivity contribution in [2.24, 2.45) is 5.73 Å². The second-order valence-corrected chi connectivity index (χ2v) is 5.90. The van der Waals surface area contributed by atoms with E-state index in [1.165, 1.54) is 0 Å². The van der Waals surface area contributed by atoms with Gasteiger partial charge in [0.2, 0.25) is 11.8 Å². The first kappa shape index (κ1) is 20.4. The Labute approximate surface area is 149 Å². The summed E-state index contributed by atoms with van der Waals surface area (Å²) in [6, 6.07) is 9.82. The maximum Gasteiger partial charge on any atom is 0.237 e. The van der Waals surface area contributed by atoms with Crippen molar-refractivity contribution in [1.29, 1.82) is 0 Å². The molecule has 1 heterocycles. The molecule has 6 nitrogen and oxygen atoms in total. The summed E-state index contributed by atoms with van der Waals surface area (Å²) in [6.07, 6.45) is 1.24. The smallest absolute Gasteiger partial charge is 0.237 e. The molecule has 24 heavy (non-hydrogen) atoms. The van der Waals surface area contributed by atoms with Gasteiger partial charge >= 0.3 is 0 Å². The molecular weight excluding hydrogens is 328 g/mol. The van der Waals surface area contributed by atoms with Gasteiger partial charge in [0.15, 0.2) is 0 Å². The molecule has 0 unspecified atom stereocenters. The number of primary amides is 1. The molecule has 0 aliphatic carbocycles. The highest BCUT2D eigenvalue weighted by Crippen LogP contribution is 2.07. The first-order valence-corrected chi connectivity index (χ1v) is 8.18. The van der Waals surface area contributed by atoms with E-state index in [1.54, 1.807) is 4.90 Å². The van der Waals surface area contributed by atoms with Crippen LogP contribution in [0.15, 0.2) is 30.3 Å². The maximum atomic E-state index is 12.7. The van der Waals surface area contributed by atoms with Crippen LogP contribution in [0.5, 0.6) is 0 Å². The SMILES string of the molecule is Cl.NC(=O)CCN(Cc1ccccc1)C(=O)CN1CCCNCC1. The molecule has 1 aromatic rings. The van der Waals surface area contributed by atoms with Crippen LogP contribution in [-0.4, -0.2) is 60.9 Å². The Kier molecular flexibility index (Phi) is 9.37. The monoisotopic (exact) mass is 354 g/mol. The van der Waals surface area contributed by atoms with Crippen molar-refractivity contribution in [1.82, 2.24) is 15.1 Å². The third kappa shape index (κ3) is 7.29. The van der Waals surface area contributed by atoms with Crippen LogP contribution >= 0.6 is 12.4 Å². The number of rotatable bonds is 7.